The largest absolute Gasteiger partial charge is 0.393 e. The standard InChI is InChI=1S/C55H81N2O9/c1-27-46-41(63-53(27)15-13-47(3,4)65-53)20-33-31-12-11-29-18-38-37(24-49(29,6)32(31)21-42(60)51(33,46)8)56-36-17-30-19-40(59)45-34(50(30,7)25-39(36)57(38)10)22-43(61)52(9)35(45)23-44-55(52,62)28(2)54(64-44)16-14-48(5,26-58)66-54/h23,27-34,40-46,58-62H,11-22,24-26H2,1-10H3/q+1/t27-,28+,29-,30+,31+,32-,33+,34-,40-,41-,42+,43+,44-,45+,46-,48-,49-,50-,51+,52+,53+,54-,55+/m0/s1. The number of aromatic nitrogens is 2. The number of rotatable bonds is 1. The van der Waals surface area contributed by atoms with Crippen molar-refractivity contribution < 1.29 is 49.0 Å². The van der Waals surface area contributed by atoms with Gasteiger partial charge in [-0.05, 0) is 125 Å². The highest BCUT2D eigenvalue weighted by molar-refractivity contribution is 5.43. The van der Waals surface area contributed by atoms with Crippen molar-refractivity contribution in [2.75, 3.05) is 6.61 Å². The molecular formula is C55H81N2O9+. The smallest absolute Gasteiger partial charge is 0.203 e. The number of hydrogen-bond acceptors (Lipinski definition) is 10. The lowest BCUT2D eigenvalue weighted by molar-refractivity contribution is -0.690. The molecular weight excluding hydrogens is 833 g/mol. The minimum atomic E-state index is -1.42. The van der Waals surface area contributed by atoms with Gasteiger partial charge >= 0.3 is 0 Å². The zero-order chi connectivity index (χ0) is 46.5. The number of aliphatic hydroxyl groups is 5. The molecule has 5 saturated carbocycles. The van der Waals surface area contributed by atoms with Crippen LogP contribution in [0.3, 0.4) is 0 Å². The van der Waals surface area contributed by atoms with E-state index in [1.165, 1.54) is 35.6 Å². The summed E-state index contributed by atoms with van der Waals surface area (Å²) in [7, 11) is 2.28. The third-order valence-electron chi connectivity index (χ3n) is 24.3. The Morgan fingerprint density at radius 1 is 0.742 bits per heavy atom. The number of hydrogen-bond donors (Lipinski definition) is 5. The van der Waals surface area contributed by atoms with Gasteiger partial charge in [-0.3, -0.25) is 0 Å². The zero-order valence-electron chi connectivity index (χ0n) is 41.6. The van der Waals surface area contributed by atoms with Crippen LogP contribution >= 0.6 is 0 Å². The van der Waals surface area contributed by atoms with Gasteiger partial charge in [0.2, 0.25) is 11.4 Å². The number of fused-ring (bicyclic) bond motifs is 16. The molecule has 0 bridgehead atoms. The monoisotopic (exact) mass is 914 g/mol. The second kappa shape index (κ2) is 13.3. The Labute approximate surface area is 392 Å². The molecule has 0 radical (unpaired) electrons. The fraction of sp³-hybridized carbons (Fsp3) is 0.891. The van der Waals surface area contributed by atoms with E-state index in [2.05, 4.69) is 59.2 Å². The minimum absolute atomic E-state index is 0.0189. The van der Waals surface area contributed by atoms with E-state index in [4.69, 9.17) is 23.9 Å². The Morgan fingerprint density at radius 2 is 1.47 bits per heavy atom. The molecule has 8 aliphatic carbocycles. The van der Waals surface area contributed by atoms with Crippen molar-refractivity contribution in [1.82, 2.24) is 4.98 Å². The Morgan fingerprint density at radius 3 is 2.18 bits per heavy atom. The van der Waals surface area contributed by atoms with Crippen LogP contribution in [-0.2, 0) is 51.7 Å². The minimum Gasteiger partial charge on any atom is -0.393 e. The van der Waals surface area contributed by atoms with Gasteiger partial charge in [-0.15, -0.1) is 0 Å². The van der Waals surface area contributed by atoms with E-state index in [1.54, 1.807) is 0 Å². The first kappa shape index (κ1) is 44.4. The van der Waals surface area contributed by atoms with Gasteiger partial charge in [0.05, 0.1) is 42.2 Å². The van der Waals surface area contributed by atoms with Gasteiger partial charge in [0, 0.05) is 66.6 Å². The number of nitrogens with zero attached hydrogens (tertiary/aromatic N) is 2. The van der Waals surface area contributed by atoms with Crippen LogP contribution < -0.4 is 4.57 Å². The highest BCUT2D eigenvalue weighted by Crippen LogP contribution is 2.73. The molecule has 2 spiro atoms. The summed E-state index contributed by atoms with van der Waals surface area (Å²) in [5.74, 6) is 0.561. The summed E-state index contributed by atoms with van der Waals surface area (Å²) in [6, 6.07) is 0. The van der Waals surface area contributed by atoms with Gasteiger partial charge in [-0.1, -0.05) is 53.2 Å². The molecule has 13 rings (SSSR count). The molecule has 0 amide bonds. The second-order valence-corrected chi connectivity index (χ2v) is 27.2. The van der Waals surface area contributed by atoms with E-state index in [-0.39, 0.29) is 64.3 Å². The molecule has 4 aliphatic heterocycles. The van der Waals surface area contributed by atoms with Crippen LogP contribution in [0.5, 0.6) is 0 Å². The first-order valence-corrected chi connectivity index (χ1v) is 26.7. The van der Waals surface area contributed by atoms with E-state index in [0.717, 1.165) is 56.9 Å². The lowest BCUT2D eigenvalue weighted by Crippen LogP contribution is -2.66. The molecule has 4 saturated heterocycles. The van der Waals surface area contributed by atoms with Gasteiger partial charge in [0.15, 0.2) is 11.6 Å². The van der Waals surface area contributed by atoms with E-state index < -0.39 is 52.4 Å². The summed E-state index contributed by atoms with van der Waals surface area (Å²) in [5, 5.41) is 60.6. The van der Waals surface area contributed by atoms with E-state index >= 15 is 0 Å². The van der Waals surface area contributed by atoms with E-state index in [0.29, 0.717) is 55.3 Å². The molecule has 66 heavy (non-hydrogen) atoms. The van der Waals surface area contributed by atoms with Crippen LogP contribution in [0.25, 0.3) is 0 Å². The van der Waals surface area contributed by atoms with Crippen molar-refractivity contribution in [3.8, 4) is 0 Å². The molecule has 9 fully saturated rings. The molecule has 5 N–H and O–H groups in total. The fourth-order valence-corrected chi connectivity index (χ4v) is 20.5. The van der Waals surface area contributed by atoms with Crippen LogP contribution in [0, 0.1) is 80.8 Å². The van der Waals surface area contributed by atoms with Crippen molar-refractivity contribution >= 4 is 0 Å². The van der Waals surface area contributed by atoms with Crippen LogP contribution in [0.15, 0.2) is 11.6 Å². The first-order chi connectivity index (χ1) is 30.9. The Balaban J connectivity index is 0.782. The average Bonchev–Trinajstić information content (AvgIpc) is 4.04. The van der Waals surface area contributed by atoms with Gasteiger partial charge < -0.3 is 44.5 Å². The SMILES string of the molecule is C[C@@H]1[C@@]2(CC[C@@](C)(CO)O2)O[C@H]2C=C3[C@@H]4[C@@H](O)C[C@H]5Cc6nc7c([n+](C)c6C[C@]5(C)[C@H]4C[C@@H](O)[C@]3(C)[C@]21O)C[C@@H]1CC[C@H]2[C@H]3C[C@@H]4O[C@@]5(CCC(C)(C)O5)[C@@H](C)[C@@H]4[C@@]3(C)[C@H](O)C[C@@H]2[C@@]1(C)C7. The van der Waals surface area contributed by atoms with Gasteiger partial charge in [0.1, 0.15) is 30.1 Å². The molecule has 5 heterocycles. The Bertz CT molecular complexity index is 2310. The summed E-state index contributed by atoms with van der Waals surface area (Å²) in [4.78, 5) is 5.70. The van der Waals surface area contributed by atoms with Crippen molar-refractivity contribution in [2.24, 2.45) is 87.9 Å². The highest BCUT2D eigenvalue weighted by Gasteiger charge is 2.78. The summed E-state index contributed by atoms with van der Waals surface area (Å²) < 4.78 is 29.6. The van der Waals surface area contributed by atoms with Crippen LogP contribution in [-0.4, -0.2) is 96.0 Å². The van der Waals surface area contributed by atoms with Crippen molar-refractivity contribution in [3.05, 3.63) is 34.4 Å². The Hall–Kier alpha value is -1.54. The molecule has 1 aromatic rings. The molecule has 12 aliphatic rings. The van der Waals surface area contributed by atoms with E-state index in [9.17, 15) is 25.5 Å². The molecule has 11 heteroatoms. The van der Waals surface area contributed by atoms with Crippen molar-refractivity contribution in [2.45, 2.75) is 211 Å². The van der Waals surface area contributed by atoms with Gasteiger partial charge in [-0.25, -0.2) is 4.98 Å². The summed E-state index contributed by atoms with van der Waals surface area (Å²) >= 11 is 0. The number of ether oxygens (including phenoxy) is 4. The maximum atomic E-state index is 13.0. The maximum absolute atomic E-state index is 13.0. The van der Waals surface area contributed by atoms with Crippen LogP contribution in [0.2, 0.25) is 0 Å². The molecule has 364 valence electrons. The summed E-state index contributed by atoms with van der Waals surface area (Å²) in [5.41, 5.74) is 2.41. The molecule has 11 nitrogen and oxygen atoms in total. The molecule has 1 aromatic heterocycles. The third-order valence-corrected chi connectivity index (χ3v) is 24.3. The molecule has 23 atom stereocenters. The van der Waals surface area contributed by atoms with Gasteiger partial charge in [-0.2, -0.15) is 4.57 Å². The topological polar surface area (TPSA) is 155 Å². The number of aliphatic hydroxyl groups excluding tert-OH is 4. The lowest BCUT2D eigenvalue weighted by Gasteiger charge is -2.62. The van der Waals surface area contributed by atoms with Crippen LogP contribution in [0.4, 0.5) is 0 Å². The lowest BCUT2D eigenvalue weighted by atomic mass is 9.43. The fourth-order valence-electron chi connectivity index (χ4n) is 20.5. The van der Waals surface area contributed by atoms with Crippen molar-refractivity contribution in [1.29, 1.82) is 0 Å². The van der Waals surface area contributed by atoms with E-state index in [1.807, 2.05) is 20.8 Å². The quantitative estimate of drug-likeness (QED) is 0.172. The van der Waals surface area contributed by atoms with Crippen molar-refractivity contribution in [3.63, 3.8) is 0 Å². The second-order valence-electron chi connectivity index (χ2n) is 27.2. The normalized spacial score (nSPS) is 59.0. The average molecular weight is 914 g/mol. The first-order valence-electron chi connectivity index (χ1n) is 26.7. The molecule has 0 unspecified atom stereocenters. The third kappa shape index (κ3) is 5.08. The predicted octanol–water partition coefficient (Wildman–Crippen LogP) is 5.83. The zero-order valence-corrected chi connectivity index (χ0v) is 41.6. The maximum Gasteiger partial charge on any atom is 0.203 e. The molecule has 0 aromatic carbocycles. The van der Waals surface area contributed by atoms with Gasteiger partial charge in [0.25, 0.3) is 0 Å². The summed E-state index contributed by atoms with van der Waals surface area (Å²) in [6.07, 6.45) is 12.0. The Kier molecular flexibility index (Phi) is 8.94. The summed E-state index contributed by atoms with van der Waals surface area (Å²) in [6.45, 7) is 19.9. The van der Waals surface area contributed by atoms with Crippen LogP contribution in [0.1, 0.15) is 149 Å². The predicted molar refractivity (Wildman–Crippen MR) is 243 cm³/mol. The highest BCUT2D eigenvalue weighted by atomic mass is 16.7.